The summed E-state index contributed by atoms with van der Waals surface area (Å²) in [6, 6.07) is 48.3. The van der Waals surface area contributed by atoms with Gasteiger partial charge in [-0.25, -0.2) is 4.44 Å². The van der Waals surface area contributed by atoms with Gasteiger partial charge in [-0.3, -0.25) is 0 Å². The van der Waals surface area contributed by atoms with Crippen LogP contribution in [0.15, 0.2) is 118 Å². The molecule has 0 aliphatic heterocycles. The molecular formula is C58H83NO2P2Si2. The van der Waals surface area contributed by atoms with Crippen molar-refractivity contribution in [2.45, 2.75) is 193 Å². The second kappa shape index (κ2) is 25.0. The Morgan fingerprint density at radius 3 is 1.14 bits per heavy atom. The van der Waals surface area contributed by atoms with Crippen molar-refractivity contribution < 1.29 is 8.83 Å². The molecule has 2 unspecified atom stereocenters. The summed E-state index contributed by atoms with van der Waals surface area (Å²) < 4.78 is 16.3. The molecule has 2 atom stereocenters. The standard InChI is InChI=1S/C58H83NO2P2Si2/c1-7-13-42-64(43-14-8-2,44-15-9-3)53-34-30-51(31-35-53)62(55-28-22-24-48-38-40-60-57(48)55)59(50-26-20-19-21-27-50)63(56-29-23-25-49-39-41-61-58(49)56)52-32-36-54(37-33-52)65(45-16-10-4,46-17-11-5)47-18-12-6/h22-25,28-41,50H,7-21,26-27,42-47H2,1-6H3. The van der Waals surface area contributed by atoms with E-state index in [0.29, 0.717) is 6.04 Å². The van der Waals surface area contributed by atoms with Crippen LogP contribution in [0.3, 0.4) is 0 Å². The van der Waals surface area contributed by atoms with Crippen molar-refractivity contribution in [1.29, 1.82) is 0 Å². The first-order chi connectivity index (χ1) is 32.0. The summed E-state index contributed by atoms with van der Waals surface area (Å²) in [6.45, 7) is 14.4. The van der Waals surface area contributed by atoms with Gasteiger partial charge in [0.25, 0.3) is 0 Å². The smallest absolute Gasteiger partial charge is 0.143 e. The Kier molecular flexibility index (Phi) is 19.3. The number of benzene rings is 4. The van der Waals surface area contributed by atoms with Gasteiger partial charge in [-0.05, 0) is 47.7 Å². The lowest BCUT2D eigenvalue weighted by Gasteiger charge is -2.45. The van der Waals surface area contributed by atoms with Gasteiger partial charge in [0, 0.05) is 43.6 Å². The van der Waals surface area contributed by atoms with Crippen LogP contribution in [-0.2, 0) is 0 Å². The fourth-order valence-electron chi connectivity index (χ4n) is 11.4. The Bertz CT molecular complexity index is 2100. The molecule has 0 amide bonds. The zero-order chi connectivity index (χ0) is 45.5. The number of furan rings is 2. The maximum atomic E-state index is 6.59. The number of hydrogen-bond donors (Lipinski definition) is 0. The number of rotatable bonds is 27. The van der Waals surface area contributed by atoms with Gasteiger partial charge in [-0.1, -0.05) is 257 Å². The molecule has 3 nitrogen and oxygen atoms in total. The third-order valence-corrected chi connectivity index (χ3v) is 31.9. The van der Waals surface area contributed by atoms with E-state index in [9.17, 15) is 0 Å². The van der Waals surface area contributed by atoms with Gasteiger partial charge in [-0.15, -0.1) is 0 Å². The summed E-state index contributed by atoms with van der Waals surface area (Å²) in [5, 5.41) is 11.4. The lowest BCUT2D eigenvalue weighted by atomic mass is 9.96. The van der Waals surface area contributed by atoms with Crippen molar-refractivity contribution in [3.63, 3.8) is 0 Å². The first-order valence-electron chi connectivity index (χ1n) is 26.5. The van der Waals surface area contributed by atoms with E-state index < -0.39 is 32.3 Å². The average molecular weight is 944 g/mol. The van der Waals surface area contributed by atoms with Crippen molar-refractivity contribution in [2.24, 2.45) is 0 Å². The Hall–Kier alpha value is -2.79. The Balaban J connectivity index is 1.46. The van der Waals surface area contributed by atoms with Crippen LogP contribution in [0.1, 0.15) is 151 Å². The van der Waals surface area contributed by atoms with Crippen LogP contribution in [0.25, 0.3) is 21.9 Å². The highest BCUT2D eigenvalue weighted by Crippen LogP contribution is 2.59. The van der Waals surface area contributed by atoms with E-state index >= 15 is 0 Å². The first-order valence-corrected chi connectivity index (χ1v) is 34.3. The summed E-state index contributed by atoms with van der Waals surface area (Å²) in [5.74, 6) is 0. The predicted octanol–water partition coefficient (Wildman–Crippen LogP) is 16.3. The lowest BCUT2D eigenvalue weighted by Crippen LogP contribution is -2.48. The minimum Gasteiger partial charge on any atom is -0.464 e. The zero-order valence-corrected chi connectivity index (χ0v) is 45.2. The topological polar surface area (TPSA) is 29.5 Å². The van der Waals surface area contributed by atoms with E-state index in [1.807, 2.05) is 12.5 Å². The molecule has 0 saturated heterocycles. The summed E-state index contributed by atoms with van der Waals surface area (Å²) >= 11 is 0. The minimum atomic E-state index is -1.69. The quantitative estimate of drug-likeness (QED) is 0.0381. The Labute approximate surface area is 399 Å². The van der Waals surface area contributed by atoms with Gasteiger partial charge in [-0.2, -0.15) is 0 Å². The second-order valence-corrected chi connectivity index (χ2v) is 33.4. The zero-order valence-electron chi connectivity index (χ0n) is 41.4. The number of hydrogen-bond acceptors (Lipinski definition) is 3. The van der Waals surface area contributed by atoms with Crippen molar-refractivity contribution in [3.8, 4) is 0 Å². The van der Waals surface area contributed by atoms with Crippen LogP contribution in [0, 0.1) is 0 Å². The SMILES string of the molecule is CCCC[Si](CCCC)(CCCC)c1ccc(P(c2cccc3ccoc23)N(C2CCCCC2)P(c2ccc([Si](CCCC)(CCCC)CCCC)cc2)c2cccc3ccoc23)cc1. The van der Waals surface area contributed by atoms with E-state index in [1.54, 1.807) is 10.4 Å². The Morgan fingerprint density at radius 2 is 0.800 bits per heavy atom. The van der Waals surface area contributed by atoms with Gasteiger partial charge in [0.2, 0.25) is 0 Å². The van der Waals surface area contributed by atoms with Gasteiger partial charge in [0.05, 0.1) is 28.7 Å². The van der Waals surface area contributed by atoms with Crippen molar-refractivity contribution >= 4 is 85.8 Å². The molecular weight excluding hydrogens is 861 g/mol. The highest BCUT2D eigenvalue weighted by molar-refractivity contribution is 7.85. The lowest BCUT2D eigenvalue weighted by molar-refractivity contribution is 0.355. The van der Waals surface area contributed by atoms with E-state index in [0.717, 1.165) is 11.2 Å². The summed E-state index contributed by atoms with van der Waals surface area (Å²) in [7, 11) is -5.43. The van der Waals surface area contributed by atoms with Crippen molar-refractivity contribution in [2.75, 3.05) is 0 Å². The van der Waals surface area contributed by atoms with E-state index in [4.69, 9.17) is 8.83 Å². The molecule has 4 aromatic carbocycles. The highest BCUT2D eigenvalue weighted by atomic mass is 31.2. The number of unbranched alkanes of at least 4 members (excludes halogenated alkanes) is 6. The fourth-order valence-corrected chi connectivity index (χ4v) is 29.1. The number of nitrogens with zero attached hydrogens (tertiary/aromatic N) is 1. The normalized spacial score (nSPS) is 15.1. The van der Waals surface area contributed by atoms with Crippen molar-refractivity contribution in [1.82, 2.24) is 4.44 Å². The summed E-state index contributed by atoms with van der Waals surface area (Å²) in [4.78, 5) is 0. The Morgan fingerprint density at radius 1 is 0.446 bits per heavy atom. The molecule has 6 aromatic rings. The van der Waals surface area contributed by atoms with E-state index in [1.165, 1.54) is 177 Å². The minimum absolute atomic E-state index is 0.440. The third-order valence-electron chi connectivity index (χ3n) is 15.2. The maximum absolute atomic E-state index is 6.59. The second-order valence-electron chi connectivity index (χ2n) is 19.7. The molecule has 0 N–H and O–H groups in total. The molecule has 1 saturated carbocycles. The molecule has 1 fully saturated rings. The number of fused-ring (bicyclic) bond motifs is 2. The average Bonchev–Trinajstić information content (AvgIpc) is 4.06. The van der Waals surface area contributed by atoms with Gasteiger partial charge >= 0.3 is 0 Å². The molecule has 350 valence electrons. The largest absolute Gasteiger partial charge is 0.464 e. The molecule has 0 bridgehead atoms. The summed E-state index contributed by atoms with van der Waals surface area (Å²) in [6.07, 6.45) is 26.0. The van der Waals surface area contributed by atoms with Gasteiger partial charge in [0.15, 0.2) is 0 Å². The summed E-state index contributed by atoms with van der Waals surface area (Å²) in [5.41, 5.74) is 2.11. The van der Waals surface area contributed by atoms with Crippen LogP contribution in [0.2, 0.25) is 36.3 Å². The molecule has 65 heavy (non-hydrogen) atoms. The molecule has 2 aromatic heterocycles. The molecule has 2 heterocycles. The van der Waals surface area contributed by atoms with E-state index in [2.05, 4.69) is 143 Å². The third kappa shape index (κ3) is 11.7. The first kappa shape index (κ1) is 50.1. The number of para-hydroxylation sites is 2. The molecule has 0 radical (unpaired) electrons. The monoisotopic (exact) mass is 944 g/mol. The van der Waals surface area contributed by atoms with E-state index in [-0.39, 0.29) is 0 Å². The molecule has 1 aliphatic rings. The highest BCUT2D eigenvalue weighted by Gasteiger charge is 2.41. The maximum Gasteiger partial charge on any atom is 0.143 e. The van der Waals surface area contributed by atoms with Gasteiger partial charge < -0.3 is 8.83 Å². The fraction of sp³-hybridized carbons (Fsp3) is 0.517. The van der Waals surface area contributed by atoms with Crippen LogP contribution in [0.5, 0.6) is 0 Å². The van der Waals surface area contributed by atoms with Crippen molar-refractivity contribution in [3.05, 3.63) is 110 Å². The molecule has 1 aliphatic carbocycles. The predicted molar refractivity (Wildman–Crippen MR) is 295 cm³/mol. The molecule has 0 spiro atoms. The van der Waals surface area contributed by atoms with Gasteiger partial charge in [0.1, 0.15) is 11.2 Å². The van der Waals surface area contributed by atoms with Crippen LogP contribution in [-0.4, -0.2) is 26.6 Å². The van der Waals surface area contributed by atoms with Crippen LogP contribution in [0.4, 0.5) is 0 Å². The molecule has 7 rings (SSSR count). The molecule has 7 heteroatoms. The van der Waals surface area contributed by atoms with Crippen LogP contribution >= 0.6 is 16.1 Å². The van der Waals surface area contributed by atoms with Crippen LogP contribution < -0.4 is 31.6 Å².